The molecule has 0 aromatic rings. The quantitative estimate of drug-likeness (QED) is 0.567. The van der Waals surface area contributed by atoms with Crippen LogP contribution >= 0.6 is 0 Å². The zero-order chi connectivity index (χ0) is 9.07. The molecule has 0 bridgehead atoms. The molecule has 0 heterocycles. The Morgan fingerprint density at radius 3 is 1.92 bits per heavy atom. The summed E-state index contributed by atoms with van der Waals surface area (Å²) in [5.41, 5.74) is -1.08. The van der Waals surface area contributed by atoms with Gasteiger partial charge in [-0.15, -0.1) is 0 Å². The topological polar surface area (TPSA) is 80.3 Å². The molecule has 0 aromatic carbocycles. The third-order valence-electron chi connectivity index (χ3n) is 1.51. The molecule has 5 heteroatoms. The fourth-order valence-electron chi connectivity index (χ4n) is 0.517. The maximum Gasteiger partial charge on any atom is 0.0470 e. The molecular formula is C7H10AgO4-2. The predicted octanol–water partition coefficient (Wildman–Crippen LogP) is -1.71. The van der Waals surface area contributed by atoms with Crippen LogP contribution in [0.3, 0.4) is 0 Å². The van der Waals surface area contributed by atoms with E-state index in [1.54, 1.807) is 0 Å². The van der Waals surface area contributed by atoms with Gasteiger partial charge in [0.2, 0.25) is 0 Å². The molecule has 0 aliphatic heterocycles. The van der Waals surface area contributed by atoms with E-state index >= 15 is 0 Å². The van der Waals surface area contributed by atoms with Crippen molar-refractivity contribution >= 4 is 11.9 Å². The van der Waals surface area contributed by atoms with Crippen LogP contribution in [-0.2, 0) is 32.0 Å². The molecule has 0 unspecified atom stereocenters. The van der Waals surface area contributed by atoms with Gasteiger partial charge in [0.05, 0.1) is 0 Å². The maximum atomic E-state index is 10.3. The first-order valence-electron chi connectivity index (χ1n) is 3.27. The van der Waals surface area contributed by atoms with Gasteiger partial charge in [-0.2, -0.15) is 0 Å². The predicted molar refractivity (Wildman–Crippen MR) is 33.0 cm³/mol. The van der Waals surface area contributed by atoms with Gasteiger partial charge >= 0.3 is 0 Å². The molecule has 0 atom stereocenters. The van der Waals surface area contributed by atoms with E-state index in [0.29, 0.717) is 0 Å². The number of carboxylic acids is 2. The monoisotopic (exact) mass is 265 g/mol. The van der Waals surface area contributed by atoms with Gasteiger partial charge in [0, 0.05) is 39.7 Å². The second kappa shape index (κ2) is 5.35. The van der Waals surface area contributed by atoms with Crippen molar-refractivity contribution in [2.75, 3.05) is 0 Å². The first kappa shape index (κ1) is 14.2. The Morgan fingerprint density at radius 1 is 1.25 bits per heavy atom. The molecule has 0 saturated carbocycles. The molecule has 0 aliphatic rings. The first-order valence-corrected chi connectivity index (χ1v) is 3.27. The second-order valence-corrected chi connectivity index (χ2v) is 3.04. The summed E-state index contributed by atoms with van der Waals surface area (Å²) in [6.45, 7) is 2.84. The Bertz CT molecular complexity index is 176. The molecule has 4 nitrogen and oxygen atoms in total. The van der Waals surface area contributed by atoms with E-state index in [2.05, 4.69) is 0 Å². The summed E-state index contributed by atoms with van der Waals surface area (Å²) in [6, 6.07) is 0. The summed E-state index contributed by atoms with van der Waals surface area (Å²) in [4.78, 5) is 20.3. The van der Waals surface area contributed by atoms with Crippen molar-refractivity contribution in [3.05, 3.63) is 0 Å². The molecule has 12 heavy (non-hydrogen) atoms. The number of hydrogen-bond donors (Lipinski definition) is 0. The van der Waals surface area contributed by atoms with E-state index in [1.165, 1.54) is 13.8 Å². The summed E-state index contributed by atoms with van der Waals surface area (Å²) in [5.74, 6) is -2.47. The fourth-order valence-corrected chi connectivity index (χ4v) is 0.517. The molecule has 0 N–H and O–H groups in total. The molecule has 0 saturated heterocycles. The van der Waals surface area contributed by atoms with E-state index in [-0.39, 0.29) is 35.2 Å². The SMILES string of the molecule is CC(C)(CCC(=O)[O-])C(=O)[O-].[Ag]. The molecule has 0 aliphatic carbocycles. The van der Waals surface area contributed by atoms with Gasteiger partial charge in [0.15, 0.2) is 0 Å². The zero-order valence-electron chi connectivity index (χ0n) is 6.85. The van der Waals surface area contributed by atoms with E-state index in [0.717, 1.165) is 0 Å². The standard InChI is InChI=1S/C7H12O4.Ag/c1-7(2,6(10)11)4-3-5(8)9;/h3-4H2,1-2H3,(H,8,9)(H,10,11);/p-2. The minimum Gasteiger partial charge on any atom is -0.550 e. The first-order chi connectivity index (χ1) is 4.86. The van der Waals surface area contributed by atoms with E-state index in [1.807, 2.05) is 0 Å². The van der Waals surface area contributed by atoms with Crippen molar-refractivity contribution in [1.82, 2.24) is 0 Å². The van der Waals surface area contributed by atoms with Crippen LogP contribution in [0.2, 0.25) is 0 Å². The minimum absolute atomic E-state index is 0. The van der Waals surface area contributed by atoms with Crippen LogP contribution in [0, 0.1) is 5.41 Å². The largest absolute Gasteiger partial charge is 0.550 e. The Morgan fingerprint density at radius 2 is 1.67 bits per heavy atom. The van der Waals surface area contributed by atoms with Crippen LogP contribution in [-0.4, -0.2) is 11.9 Å². The molecule has 0 aromatic heterocycles. The molecular weight excluding hydrogens is 256 g/mol. The zero-order valence-corrected chi connectivity index (χ0v) is 8.33. The van der Waals surface area contributed by atoms with Crippen LogP contribution in [0.5, 0.6) is 0 Å². The van der Waals surface area contributed by atoms with Crippen molar-refractivity contribution in [3.63, 3.8) is 0 Å². The van der Waals surface area contributed by atoms with Gasteiger partial charge in [-0.1, -0.05) is 13.8 Å². The summed E-state index contributed by atoms with van der Waals surface area (Å²) in [7, 11) is 0. The van der Waals surface area contributed by atoms with Crippen molar-refractivity contribution in [2.24, 2.45) is 5.41 Å². The van der Waals surface area contributed by atoms with Gasteiger partial charge in [0.1, 0.15) is 0 Å². The Hall–Kier alpha value is -0.320. The third kappa shape index (κ3) is 5.35. The third-order valence-corrected chi connectivity index (χ3v) is 1.51. The van der Waals surface area contributed by atoms with Gasteiger partial charge in [0.25, 0.3) is 0 Å². The number of carboxylic acid groups (broad SMARTS) is 2. The molecule has 0 spiro atoms. The average molecular weight is 266 g/mol. The number of carbonyl (C=O) groups is 2. The van der Waals surface area contributed by atoms with Gasteiger partial charge < -0.3 is 19.8 Å². The van der Waals surface area contributed by atoms with Crippen LogP contribution < -0.4 is 10.2 Å². The molecule has 0 amide bonds. The molecule has 0 rings (SSSR count). The van der Waals surface area contributed by atoms with E-state index < -0.39 is 17.4 Å². The van der Waals surface area contributed by atoms with Crippen molar-refractivity contribution in [2.45, 2.75) is 26.7 Å². The number of rotatable bonds is 4. The normalized spacial score (nSPS) is 10.2. The van der Waals surface area contributed by atoms with Crippen LogP contribution in [0.4, 0.5) is 0 Å². The number of aliphatic carboxylic acids is 2. The Balaban J connectivity index is 0. The van der Waals surface area contributed by atoms with Gasteiger partial charge in [-0.3, -0.25) is 0 Å². The van der Waals surface area contributed by atoms with Crippen LogP contribution in [0.15, 0.2) is 0 Å². The maximum absolute atomic E-state index is 10.3. The van der Waals surface area contributed by atoms with E-state index in [4.69, 9.17) is 0 Å². The fraction of sp³-hybridized carbons (Fsp3) is 0.714. The second-order valence-electron chi connectivity index (χ2n) is 3.04. The van der Waals surface area contributed by atoms with Gasteiger partial charge in [-0.05, 0) is 12.8 Å². The number of hydrogen-bond acceptors (Lipinski definition) is 4. The van der Waals surface area contributed by atoms with Crippen molar-refractivity contribution in [3.8, 4) is 0 Å². The average Bonchev–Trinajstić information content (AvgIpc) is 1.84. The Labute approximate surface area is 86.5 Å². The molecule has 0 fully saturated rings. The smallest absolute Gasteiger partial charge is 0.0470 e. The summed E-state index contributed by atoms with van der Waals surface area (Å²) in [5, 5.41) is 20.3. The Kier molecular flexibility index (Phi) is 6.34. The van der Waals surface area contributed by atoms with Crippen molar-refractivity contribution < 1.29 is 42.2 Å². The van der Waals surface area contributed by atoms with Crippen LogP contribution in [0.1, 0.15) is 26.7 Å². The summed E-state index contributed by atoms with van der Waals surface area (Å²) in [6.07, 6.45) is -0.210. The van der Waals surface area contributed by atoms with E-state index in [9.17, 15) is 19.8 Å². The number of carbonyl (C=O) groups excluding carboxylic acids is 2. The van der Waals surface area contributed by atoms with Crippen molar-refractivity contribution in [1.29, 1.82) is 0 Å². The van der Waals surface area contributed by atoms with Crippen LogP contribution in [0.25, 0.3) is 0 Å². The molecule has 75 valence electrons. The minimum atomic E-state index is -1.24. The summed E-state index contributed by atoms with van der Waals surface area (Å²) < 4.78 is 0. The van der Waals surface area contributed by atoms with Gasteiger partial charge in [-0.25, -0.2) is 0 Å². The molecule has 1 radical (unpaired) electrons. The summed E-state index contributed by atoms with van der Waals surface area (Å²) >= 11 is 0.